The lowest BCUT2D eigenvalue weighted by atomic mass is 10.0. The highest BCUT2D eigenvalue weighted by Gasteiger charge is 2.19. The predicted molar refractivity (Wildman–Crippen MR) is 189 cm³/mol. The van der Waals surface area contributed by atoms with Crippen LogP contribution >= 0.6 is 11.3 Å². The van der Waals surface area contributed by atoms with Gasteiger partial charge in [-0.3, -0.25) is 4.57 Å². The van der Waals surface area contributed by atoms with Gasteiger partial charge in [-0.1, -0.05) is 127 Å². The lowest BCUT2D eigenvalue weighted by Crippen LogP contribution is -2.06. The standard InChI is InChI=1S/C40H25N5S/c1-3-12-26(13-4-1)27-22-24-28(25-23-27)37-42-38(32-18-11-19-33-36(32)46-39(41-33)29-14-5-2-6-15-29)44-40(43-37)45-34-20-9-7-16-30(34)31-17-8-10-21-35(31)45/h1-25H/i7D,8D,9D,10D,16D,17D,20D,21D. The zero-order valence-corrected chi connectivity index (χ0v) is 24.8. The van der Waals surface area contributed by atoms with Crippen LogP contribution in [0.3, 0.4) is 0 Å². The topological polar surface area (TPSA) is 56.5 Å². The lowest BCUT2D eigenvalue weighted by Gasteiger charge is -2.11. The number of hydrogen-bond acceptors (Lipinski definition) is 5. The molecule has 0 radical (unpaired) electrons. The van der Waals surface area contributed by atoms with E-state index in [0.29, 0.717) is 11.1 Å². The molecule has 0 saturated heterocycles. The van der Waals surface area contributed by atoms with Crippen molar-refractivity contribution in [3.8, 4) is 50.4 Å². The van der Waals surface area contributed by atoms with Gasteiger partial charge in [0.25, 0.3) is 0 Å². The fraction of sp³-hybridized carbons (Fsp3) is 0. The van der Waals surface area contributed by atoms with Gasteiger partial charge < -0.3 is 0 Å². The monoisotopic (exact) mass is 615 g/mol. The fourth-order valence-electron chi connectivity index (χ4n) is 5.61. The van der Waals surface area contributed by atoms with E-state index in [9.17, 15) is 0 Å². The highest BCUT2D eigenvalue weighted by Crippen LogP contribution is 2.37. The zero-order valence-electron chi connectivity index (χ0n) is 32.0. The minimum absolute atomic E-state index is 0.0595. The Balaban J connectivity index is 1.37. The van der Waals surface area contributed by atoms with Gasteiger partial charge in [0.2, 0.25) is 5.95 Å². The van der Waals surface area contributed by atoms with Crippen LogP contribution in [-0.2, 0) is 0 Å². The Morgan fingerprint density at radius 3 is 1.78 bits per heavy atom. The molecule has 0 aliphatic carbocycles. The maximum absolute atomic E-state index is 9.02. The third-order valence-corrected chi connectivity index (χ3v) is 8.94. The summed E-state index contributed by atoms with van der Waals surface area (Å²) in [6, 6.07) is 29.2. The minimum atomic E-state index is -0.527. The molecule has 46 heavy (non-hydrogen) atoms. The first-order valence-electron chi connectivity index (χ1n) is 18.5. The molecular formula is C40H25N5S. The average Bonchev–Trinajstić information content (AvgIpc) is 3.82. The van der Waals surface area contributed by atoms with Gasteiger partial charge in [0.15, 0.2) is 11.6 Å². The second-order valence-electron chi connectivity index (χ2n) is 10.5. The third-order valence-electron chi connectivity index (χ3n) is 7.78. The first kappa shape index (κ1) is 19.4. The molecule has 0 saturated carbocycles. The summed E-state index contributed by atoms with van der Waals surface area (Å²) in [5, 5.41) is 0.685. The van der Waals surface area contributed by atoms with Gasteiger partial charge in [-0.2, -0.15) is 9.97 Å². The van der Waals surface area contributed by atoms with Crippen molar-refractivity contribution in [3.63, 3.8) is 0 Å². The van der Waals surface area contributed by atoms with E-state index in [1.54, 1.807) is 0 Å². The van der Waals surface area contributed by atoms with E-state index in [-0.39, 0.29) is 39.4 Å². The summed E-state index contributed by atoms with van der Waals surface area (Å²) in [6.07, 6.45) is 0. The van der Waals surface area contributed by atoms with Crippen LogP contribution in [-0.4, -0.2) is 24.5 Å². The summed E-state index contributed by atoms with van der Waals surface area (Å²) in [6.45, 7) is 0. The van der Waals surface area contributed by atoms with Crippen molar-refractivity contribution in [1.29, 1.82) is 0 Å². The SMILES string of the molecule is [2H]c1c([2H])c([2H])c2c(c1[2H])c1c([2H])c([2H])c([2H])c([2H])c1n2-c1nc(-c2ccc(-c3ccccc3)cc2)nc(-c2cccc3nc(-c4ccccc4)sc23)n1. The summed E-state index contributed by atoms with van der Waals surface area (Å²) in [4.78, 5) is 19.7. The quantitative estimate of drug-likeness (QED) is 0.193. The van der Waals surface area contributed by atoms with Crippen LogP contribution in [0.2, 0.25) is 0 Å². The number of benzene rings is 6. The predicted octanol–water partition coefficient (Wildman–Crippen LogP) is 10.2. The Hall–Kier alpha value is -5.98. The Bertz CT molecular complexity index is 2890. The molecule has 3 heterocycles. The number of thiazole rings is 1. The number of hydrogen-bond donors (Lipinski definition) is 0. The van der Waals surface area contributed by atoms with E-state index in [2.05, 4.69) is 0 Å². The Morgan fingerprint density at radius 2 is 1.09 bits per heavy atom. The van der Waals surface area contributed by atoms with Gasteiger partial charge in [0.05, 0.1) is 32.2 Å². The molecule has 5 nitrogen and oxygen atoms in total. The molecule has 0 fully saturated rings. The Kier molecular flexibility index (Phi) is 4.59. The van der Waals surface area contributed by atoms with E-state index in [1.807, 2.05) is 103 Å². The van der Waals surface area contributed by atoms with Crippen molar-refractivity contribution in [1.82, 2.24) is 24.5 Å². The normalized spacial score (nSPS) is 13.9. The molecule has 9 aromatic rings. The first-order valence-corrected chi connectivity index (χ1v) is 15.3. The number of para-hydroxylation sites is 2. The molecule has 0 unspecified atom stereocenters. The number of aromatic nitrogens is 5. The van der Waals surface area contributed by atoms with Crippen molar-refractivity contribution in [3.05, 3.63) is 151 Å². The lowest BCUT2D eigenvalue weighted by molar-refractivity contribution is 0.954. The van der Waals surface area contributed by atoms with Crippen molar-refractivity contribution in [2.24, 2.45) is 0 Å². The van der Waals surface area contributed by atoms with E-state index < -0.39 is 48.3 Å². The Labute approximate surface area is 280 Å². The molecule has 0 amide bonds. The molecular weight excluding hydrogens is 583 g/mol. The summed E-state index contributed by atoms with van der Waals surface area (Å²) in [5.74, 6) is 0.408. The molecule has 0 spiro atoms. The van der Waals surface area contributed by atoms with Gasteiger partial charge in [-0.15, -0.1) is 11.3 Å². The van der Waals surface area contributed by atoms with E-state index in [0.717, 1.165) is 31.9 Å². The summed E-state index contributed by atoms with van der Waals surface area (Å²) in [7, 11) is 0. The molecule has 3 aromatic heterocycles. The van der Waals surface area contributed by atoms with Gasteiger partial charge in [-0.25, -0.2) is 9.97 Å². The van der Waals surface area contributed by atoms with Crippen LogP contribution in [0.25, 0.3) is 82.4 Å². The summed E-state index contributed by atoms with van der Waals surface area (Å²) >= 11 is 1.48. The van der Waals surface area contributed by atoms with Gasteiger partial charge in [-0.05, 0) is 35.3 Å². The summed E-state index contributed by atoms with van der Waals surface area (Å²) < 4.78 is 71.9. The van der Waals surface area contributed by atoms with Crippen LogP contribution in [0.15, 0.2) is 151 Å². The minimum Gasteiger partial charge on any atom is -0.278 e. The van der Waals surface area contributed by atoms with E-state index in [1.165, 1.54) is 15.9 Å². The van der Waals surface area contributed by atoms with Crippen molar-refractivity contribution < 1.29 is 11.0 Å². The van der Waals surface area contributed by atoms with Gasteiger partial charge in [0.1, 0.15) is 5.01 Å². The van der Waals surface area contributed by atoms with Crippen LogP contribution in [0.4, 0.5) is 0 Å². The maximum atomic E-state index is 9.02. The van der Waals surface area contributed by atoms with Gasteiger partial charge in [0, 0.05) is 27.5 Å². The fourth-order valence-corrected chi connectivity index (χ4v) is 6.69. The molecule has 6 aromatic carbocycles. The van der Waals surface area contributed by atoms with E-state index in [4.69, 9.17) is 30.9 Å². The molecule has 216 valence electrons. The average molecular weight is 616 g/mol. The first-order chi connectivity index (χ1) is 26.1. The molecule has 0 aliphatic rings. The maximum Gasteiger partial charge on any atom is 0.238 e. The van der Waals surface area contributed by atoms with Crippen molar-refractivity contribution in [2.45, 2.75) is 0 Å². The molecule has 6 heteroatoms. The number of rotatable bonds is 5. The van der Waals surface area contributed by atoms with Crippen LogP contribution < -0.4 is 0 Å². The molecule has 0 bridgehead atoms. The molecule has 0 N–H and O–H groups in total. The van der Waals surface area contributed by atoms with Crippen LogP contribution in [0.1, 0.15) is 11.0 Å². The Morgan fingerprint density at radius 1 is 0.500 bits per heavy atom. The molecule has 9 rings (SSSR count). The van der Waals surface area contributed by atoms with Crippen LogP contribution in [0, 0.1) is 0 Å². The molecule has 0 aliphatic heterocycles. The highest BCUT2D eigenvalue weighted by atomic mass is 32.1. The van der Waals surface area contributed by atoms with Crippen LogP contribution in [0.5, 0.6) is 0 Å². The summed E-state index contributed by atoms with van der Waals surface area (Å²) in [5.41, 5.74) is 4.81. The van der Waals surface area contributed by atoms with Crippen molar-refractivity contribution >= 4 is 43.4 Å². The smallest absolute Gasteiger partial charge is 0.238 e. The molecule has 0 atom stereocenters. The second-order valence-corrected chi connectivity index (χ2v) is 11.5. The van der Waals surface area contributed by atoms with Crippen molar-refractivity contribution in [2.75, 3.05) is 0 Å². The number of fused-ring (bicyclic) bond motifs is 4. The second kappa shape index (κ2) is 10.9. The third kappa shape index (κ3) is 4.47. The zero-order chi connectivity index (χ0) is 37.4. The number of nitrogens with zero attached hydrogens (tertiary/aromatic N) is 5. The highest BCUT2D eigenvalue weighted by molar-refractivity contribution is 7.22. The van der Waals surface area contributed by atoms with E-state index >= 15 is 0 Å². The van der Waals surface area contributed by atoms with Gasteiger partial charge >= 0.3 is 0 Å². The largest absolute Gasteiger partial charge is 0.278 e.